The third-order valence-electron chi connectivity index (χ3n) is 1.64. The average Bonchev–Trinajstić information content (AvgIpc) is 2.20. The van der Waals surface area contributed by atoms with Gasteiger partial charge in [-0.15, -0.1) is 0 Å². The van der Waals surface area contributed by atoms with E-state index in [0.29, 0.717) is 11.4 Å². The Kier molecular flexibility index (Phi) is 4.06. The van der Waals surface area contributed by atoms with Gasteiger partial charge >= 0.3 is 5.97 Å². The molecule has 6 nitrogen and oxygen atoms in total. The third kappa shape index (κ3) is 3.81. The first-order valence-corrected chi connectivity index (χ1v) is 4.51. The Bertz CT molecular complexity index is 446. The summed E-state index contributed by atoms with van der Waals surface area (Å²) in [5, 5.41) is 10.5. The Hall–Kier alpha value is -2.33. The summed E-state index contributed by atoms with van der Waals surface area (Å²) in [6, 6.07) is 6.14. The lowest BCUT2D eigenvalue weighted by atomic mass is 10.3. The molecule has 82 valence electrons. The molecule has 0 atom stereocenters. The summed E-state index contributed by atoms with van der Waals surface area (Å²) in [5.74, 6) is -0.118. The van der Waals surface area contributed by atoms with Crippen LogP contribution in [-0.4, -0.2) is 11.7 Å². The standard InChI is InChI=1S/C10H10N4O2/c1-7(11)6-10(15)16-9-4-2-8(3-5-9)13-14-12/h2-5,11H,6H2,1H3. The van der Waals surface area contributed by atoms with Crippen molar-refractivity contribution >= 4 is 17.4 Å². The SMILES string of the molecule is CC(=N)CC(=O)Oc1ccc(N=[N+]=[N-])cc1. The summed E-state index contributed by atoms with van der Waals surface area (Å²) < 4.78 is 4.94. The molecule has 0 radical (unpaired) electrons. The fraction of sp³-hybridized carbons (Fsp3) is 0.200. The molecule has 0 amide bonds. The van der Waals surface area contributed by atoms with Crippen LogP contribution in [0.3, 0.4) is 0 Å². The molecule has 0 aliphatic carbocycles. The van der Waals surface area contributed by atoms with Crippen LogP contribution in [-0.2, 0) is 4.79 Å². The maximum Gasteiger partial charge on any atom is 0.316 e. The van der Waals surface area contributed by atoms with Crippen LogP contribution in [0.5, 0.6) is 5.75 Å². The molecule has 0 aliphatic heterocycles. The van der Waals surface area contributed by atoms with Crippen LogP contribution in [0.25, 0.3) is 10.4 Å². The first-order valence-electron chi connectivity index (χ1n) is 4.51. The van der Waals surface area contributed by atoms with Gasteiger partial charge < -0.3 is 10.1 Å². The number of rotatable bonds is 4. The molecule has 1 N–H and O–H groups in total. The third-order valence-corrected chi connectivity index (χ3v) is 1.64. The molecule has 0 fully saturated rings. The highest BCUT2D eigenvalue weighted by Gasteiger charge is 2.05. The zero-order valence-electron chi connectivity index (χ0n) is 8.67. The molecule has 0 spiro atoms. The summed E-state index contributed by atoms with van der Waals surface area (Å²) in [5.41, 5.74) is 8.88. The van der Waals surface area contributed by atoms with E-state index in [0.717, 1.165) is 0 Å². The monoisotopic (exact) mass is 218 g/mol. The first kappa shape index (κ1) is 11.7. The summed E-state index contributed by atoms with van der Waals surface area (Å²) in [4.78, 5) is 13.8. The number of nitrogens with zero attached hydrogens (tertiary/aromatic N) is 3. The van der Waals surface area contributed by atoms with Gasteiger partial charge in [0.1, 0.15) is 5.75 Å². The van der Waals surface area contributed by atoms with E-state index in [9.17, 15) is 4.79 Å². The van der Waals surface area contributed by atoms with Gasteiger partial charge in [-0.25, -0.2) is 0 Å². The van der Waals surface area contributed by atoms with E-state index in [1.54, 1.807) is 12.1 Å². The van der Waals surface area contributed by atoms with Crippen molar-refractivity contribution in [1.29, 1.82) is 5.41 Å². The van der Waals surface area contributed by atoms with E-state index in [4.69, 9.17) is 15.7 Å². The van der Waals surface area contributed by atoms with Crippen LogP contribution in [0.1, 0.15) is 13.3 Å². The van der Waals surface area contributed by atoms with E-state index in [-0.39, 0.29) is 12.1 Å². The highest BCUT2D eigenvalue weighted by Crippen LogP contribution is 2.18. The summed E-state index contributed by atoms with van der Waals surface area (Å²) in [7, 11) is 0. The van der Waals surface area contributed by atoms with E-state index in [1.165, 1.54) is 19.1 Å². The van der Waals surface area contributed by atoms with Crippen LogP contribution >= 0.6 is 0 Å². The Morgan fingerprint density at radius 2 is 2.12 bits per heavy atom. The van der Waals surface area contributed by atoms with Gasteiger partial charge in [-0.3, -0.25) is 4.79 Å². The highest BCUT2D eigenvalue weighted by atomic mass is 16.5. The lowest BCUT2D eigenvalue weighted by molar-refractivity contribution is -0.133. The van der Waals surface area contributed by atoms with Crippen molar-refractivity contribution in [1.82, 2.24) is 0 Å². The number of hydrogen-bond acceptors (Lipinski definition) is 4. The molecule has 1 aromatic carbocycles. The minimum Gasteiger partial charge on any atom is -0.426 e. The Morgan fingerprint density at radius 3 is 2.62 bits per heavy atom. The van der Waals surface area contributed by atoms with Crippen molar-refractivity contribution < 1.29 is 9.53 Å². The number of esters is 1. The second-order valence-electron chi connectivity index (χ2n) is 3.11. The summed E-state index contributed by atoms with van der Waals surface area (Å²) in [6.07, 6.45) is -0.0297. The normalized spacial score (nSPS) is 9.06. The maximum absolute atomic E-state index is 11.2. The Labute approximate surface area is 92.0 Å². The predicted octanol–water partition coefficient (Wildman–Crippen LogP) is 2.96. The molecule has 1 rings (SSSR count). The minimum atomic E-state index is -0.482. The molecule has 0 aromatic heterocycles. The number of ether oxygens (including phenoxy) is 1. The maximum atomic E-state index is 11.2. The summed E-state index contributed by atoms with van der Waals surface area (Å²) in [6.45, 7) is 1.53. The minimum absolute atomic E-state index is 0.0297. The topological polar surface area (TPSA) is 98.9 Å². The molecule has 6 heteroatoms. The Balaban J connectivity index is 2.65. The van der Waals surface area contributed by atoms with Gasteiger partial charge in [-0.1, -0.05) is 5.11 Å². The van der Waals surface area contributed by atoms with Crippen LogP contribution in [0.2, 0.25) is 0 Å². The van der Waals surface area contributed by atoms with Crippen molar-refractivity contribution in [3.8, 4) is 5.75 Å². The highest BCUT2D eigenvalue weighted by molar-refractivity contribution is 5.96. The molecular weight excluding hydrogens is 208 g/mol. The van der Waals surface area contributed by atoms with Crippen LogP contribution < -0.4 is 4.74 Å². The predicted molar refractivity (Wildman–Crippen MR) is 58.9 cm³/mol. The summed E-state index contributed by atoms with van der Waals surface area (Å²) >= 11 is 0. The lowest BCUT2D eigenvalue weighted by Gasteiger charge is -2.03. The Morgan fingerprint density at radius 1 is 1.50 bits per heavy atom. The van der Waals surface area contributed by atoms with Crippen LogP contribution in [0.4, 0.5) is 5.69 Å². The van der Waals surface area contributed by atoms with E-state index in [1.807, 2.05) is 0 Å². The second-order valence-corrected chi connectivity index (χ2v) is 3.11. The molecule has 0 saturated heterocycles. The van der Waals surface area contributed by atoms with Gasteiger partial charge in [0.15, 0.2) is 0 Å². The van der Waals surface area contributed by atoms with Gasteiger partial charge in [-0.2, -0.15) is 0 Å². The van der Waals surface area contributed by atoms with Crippen molar-refractivity contribution in [2.24, 2.45) is 5.11 Å². The van der Waals surface area contributed by atoms with Crippen LogP contribution in [0.15, 0.2) is 29.4 Å². The number of carbonyl (C=O) groups excluding carboxylic acids is 1. The smallest absolute Gasteiger partial charge is 0.316 e. The fourth-order valence-corrected chi connectivity index (χ4v) is 1.02. The van der Waals surface area contributed by atoms with Crippen molar-refractivity contribution in [3.63, 3.8) is 0 Å². The molecular formula is C10H10N4O2. The van der Waals surface area contributed by atoms with Gasteiger partial charge in [0, 0.05) is 16.3 Å². The zero-order valence-corrected chi connectivity index (χ0v) is 8.67. The average molecular weight is 218 g/mol. The van der Waals surface area contributed by atoms with Crippen molar-refractivity contribution in [2.75, 3.05) is 0 Å². The first-order chi connectivity index (χ1) is 7.61. The molecule has 0 saturated carbocycles. The molecule has 1 aromatic rings. The molecule has 0 heterocycles. The molecule has 0 aliphatic rings. The number of azide groups is 1. The molecule has 0 unspecified atom stereocenters. The number of carbonyl (C=O) groups is 1. The number of hydrogen-bond donors (Lipinski definition) is 1. The van der Waals surface area contributed by atoms with E-state index >= 15 is 0 Å². The largest absolute Gasteiger partial charge is 0.426 e. The van der Waals surface area contributed by atoms with Crippen LogP contribution in [0, 0.1) is 5.41 Å². The lowest BCUT2D eigenvalue weighted by Crippen LogP contribution is -2.11. The van der Waals surface area contributed by atoms with Gasteiger partial charge in [0.05, 0.1) is 6.42 Å². The number of nitrogens with one attached hydrogen (secondary N) is 1. The van der Waals surface area contributed by atoms with Gasteiger partial charge in [0.2, 0.25) is 0 Å². The fourth-order valence-electron chi connectivity index (χ4n) is 1.02. The zero-order chi connectivity index (χ0) is 12.0. The van der Waals surface area contributed by atoms with Gasteiger partial charge in [-0.05, 0) is 36.7 Å². The second kappa shape index (κ2) is 5.53. The van der Waals surface area contributed by atoms with Gasteiger partial charge in [0.25, 0.3) is 0 Å². The van der Waals surface area contributed by atoms with Crippen molar-refractivity contribution in [3.05, 3.63) is 34.7 Å². The van der Waals surface area contributed by atoms with E-state index in [2.05, 4.69) is 10.0 Å². The quantitative estimate of drug-likeness (QED) is 0.210. The van der Waals surface area contributed by atoms with E-state index < -0.39 is 5.97 Å². The molecule has 0 bridgehead atoms. The number of benzene rings is 1. The molecule has 16 heavy (non-hydrogen) atoms. The van der Waals surface area contributed by atoms with Crippen molar-refractivity contribution in [2.45, 2.75) is 13.3 Å².